The summed E-state index contributed by atoms with van der Waals surface area (Å²) >= 11 is 1.31. The van der Waals surface area contributed by atoms with E-state index in [1.807, 2.05) is 6.07 Å². The van der Waals surface area contributed by atoms with Gasteiger partial charge in [-0.25, -0.2) is 4.98 Å². The topological polar surface area (TPSA) is 85.1 Å². The average molecular weight is 401 g/mol. The zero-order valence-corrected chi connectivity index (χ0v) is 16.7. The van der Waals surface area contributed by atoms with Gasteiger partial charge in [0, 0.05) is 22.0 Å². The quantitative estimate of drug-likeness (QED) is 0.474. The number of rotatable bonds is 3. The maximum absolute atomic E-state index is 12.8. The average Bonchev–Trinajstić information content (AvgIpc) is 3.29. The molecule has 0 aliphatic heterocycles. The lowest BCUT2D eigenvalue weighted by atomic mass is 10.1. The number of nitrogens with two attached hydrogens (primary N) is 1. The van der Waals surface area contributed by atoms with Crippen LogP contribution in [0.1, 0.15) is 44.5 Å². The van der Waals surface area contributed by atoms with Gasteiger partial charge in [-0.3, -0.25) is 9.59 Å². The lowest BCUT2D eigenvalue weighted by Crippen LogP contribution is -2.12. The van der Waals surface area contributed by atoms with Crippen LogP contribution in [0.15, 0.2) is 42.5 Å². The number of hydrogen-bond acceptors (Lipinski definition) is 5. The number of anilines is 2. The van der Waals surface area contributed by atoms with E-state index in [4.69, 9.17) is 10.7 Å². The number of carbonyl (C=O) groups is 2. The summed E-state index contributed by atoms with van der Waals surface area (Å²) in [5.41, 5.74) is 11.7. The predicted molar refractivity (Wildman–Crippen MR) is 118 cm³/mol. The summed E-state index contributed by atoms with van der Waals surface area (Å²) < 4.78 is 0. The molecular weight excluding hydrogens is 382 g/mol. The van der Waals surface area contributed by atoms with Gasteiger partial charge in [-0.15, -0.1) is 11.3 Å². The fourth-order valence-electron chi connectivity index (χ4n) is 3.92. The second kappa shape index (κ2) is 6.67. The Bertz CT molecular complexity index is 1310. The molecule has 0 bridgehead atoms. The van der Waals surface area contributed by atoms with Crippen molar-refractivity contribution in [3.8, 4) is 0 Å². The van der Waals surface area contributed by atoms with E-state index in [-0.39, 0.29) is 11.7 Å². The fraction of sp³-hybridized carbons (Fsp3) is 0.174. The molecule has 5 rings (SSSR count). The molecule has 4 aromatic rings. The minimum Gasteiger partial charge on any atom is -0.397 e. The van der Waals surface area contributed by atoms with Crippen molar-refractivity contribution in [2.75, 3.05) is 11.1 Å². The molecule has 144 valence electrons. The first-order valence-electron chi connectivity index (χ1n) is 9.56. The highest BCUT2D eigenvalue weighted by molar-refractivity contribution is 7.21. The molecule has 0 fully saturated rings. The maximum Gasteiger partial charge on any atom is 0.267 e. The van der Waals surface area contributed by atoms with Gasteiger partial charge in [0.05, 0.1) is 11.2 Å². The molecule has 6 heteroatoms. The molecule has 0 spiro atoms. The zero-order chi connectivity index (χ0) is 20.1. The van der Waals surface area contributed by atoms with Gasteiger partial charge in [0.15, 0.2) is 5.78 Å². The van der Waals surface area contributed by atoms with Gasteiger partial charge in [-0.2, -0.15) is 0 Å². The first kappa shape index (κ1) is 17.8. The molecule has 1 aliphatic carbocycles. The molecule has 0 saturated carbocycles. The number of fused-ring (bicyclic) bond motifs is 3. The lowest BCUT2D eigenvalue weighted by Gasteiger charge is -2.05. The van der Waals surface area contributed by atoms with Crippen LogP contribution in [0.5, 0.6) is 0 Å². The summed E-state index contributed by atoms with van der Waals surface area (Å²) in [6.45, 7) is 1.51. The van der Waals surface area contributed by atoms with E-state index in [1.54, 1.807) is 24.3 Å². The minimum absolute atomic E-state index is 0.0132. The zero-order valence-electron chi connectivity index (χ0n) is 15.9. The number of ketones is 1. The van der Waals surface area contributed by atoms with Crippen LogP contribution in [-0.4, -0.2) is 16.7 Å². The van der Waals surface area contributed by atoms with Gasteiger partial charge in [0.1, 0.15) is 9.71 Å². The molecule has 29 heavy (non-hydrogen) atoms. The van der Waals surface area contributed by atoms with E-state index < -0.39 is 0 Å². The van der Waals surface area contributed by atoms with Gasteiger partial charge < -0.3 is 11.1 Å². The van der Waals surface area contributed by atoms with E-state index in [0.29, 0.717) is 21.8 Å². The number of aryl methyl sites for hydroxylation is 2. The SMILES string of the molecule is CC(=O)c1ccc(NC(=O)c2sc3nc4cc5c(cc4cc3c2N)CCC5)cc1. The van der Waals surface area contributed by atoms with Crippen molar-refractivity contribution in [1.29, 1.82) is 0 Å². The molecule has 0 radical (unpaired) electrons. The van der Waals surface area contributed by atoms with E-state index in [2.05, 4.69) is 17.4 Å². The van der Waals surface area contributed by atoms with Crippen LogP contribution in [-0.2, 0) is 12.8 Å². The van der Waals surface area contributed by atoms with Gasteiger partial charge in [-0.1, -0.05) is 0 Å². The number of aromatic nitrogens is 1. The highest BCUT2D eigenvalue weighted by atomic mass is 32.1. The molecule has 2 aromatic carbocycles. The third kappa shape index (κ3) is 3.06. The highest BCUT2D eigenvalue weighted by Crippen LogP contribution is 2.36. The number of nitrogens with one attached hydrogen (secondary N) is 1. The molecule has 1 amide bonds. The van der Waals surface area contributed by atoms with E-state index in [1.165, 1.54) is 35.8 Å². The minimum atomic E-state index is -0.271. The Kier molecular flexibility index (Phi) is 4.10. The van der Waals surface area contributed by atoms with Gasteiger partial charge in [0.25, 0.3) is 5.91 Å². The standard InChI is InChI=1S/C23H19N3O2S/c1-12(27)13-5-7-17(8-6-13)25-22(28)21-20(24)18-10-16-9-14-3-2-4-15(14)11-19(16)26-23(18)29-21/h5-11H,2-4,24H2,1H3,(H,25,28). The predicted octanol–water partition coefficient (Wildman–Crippen LogP) is 4.98. The van der Waals surface area contributed by atoms with Crippen molar-refractivity contribution < 1.29 is 9.59 Å². The Morgan fingerprint density at radius 3 is 2.52 bits per heavy atom. The monoisotopic (exact) mass is 401 g/mol. The van der Waals surface area contributed by atoms with Crippen LogP contribution in [0, 0.1) is 0 Å². The summed E-state index contributed by atoms with van der Waals surface area (Å²) in [5, 5.41) is 4.74. The number of nitrogens with zero attached hydrogens (tertiary/aromatic N) is 1. The summed E-state index contributed by atoms with van der Waals surface area (Å²) in [5.74, 6) is -0.284. The largest absolute Gasteiger partial charge is 0.397 e. The van der Waals surface area contributed by atoms with Crippen LogP contribution in [0.2, 0.25) is 0 Å². The smallest absolute Gasteiger partial charge is 0.267 e. The van der Waals surface area contributed by atoms with Crippen LogP contribution in [0.4, 0.5) is 11.4 Å². The van der Waals surface area contributed by atoms with Gasteiger partial charge in [-0.05, 0) is 79.8 Å². The molecule has 5 nitrogen and oxygen atoms in total. The second-order valence-corrected chi connectivity index (χ2v) is 8.44. The molecule has 3 N–H and O–H groups in total. The highest BCUT2D eigenvalue weighted by Gasteiger charge is 2.19. The van der Waals surface area contributed by atoms with E-state index >= 15 is 0 Å². The summed E-state index contributed by atoms with van der Waals surface area (Å²) in [7, 11) is 0. The van der Waals surface area contributed by atoms with Crippen LogP contribution in [0.25, 0.3) is 21.1 Å². The molecule has 2 aromatic heterocycles. The summed E-state index contributed by atoms with van der Waals surface area (Å²) in [6.07, 6.45) is 3.41. The van der Waals surface area contributed by atoms with Crippen LogP contribution in [0.3, 0.4) is 0 Å². The lowest BCUT2D eigenvalue weighted by molar-refractivity contribution is 0.101. The van der Waals surface area contributed by atoms with Gasteiger partial charge in [0.2, 0.25) is 0 Å². The number of thiophene rings is 1. The molecule has 2 heterocycles. The number of benzene rings is 2. The first-order valence-corrected chi connectivity index (χ1v) is 10.4. The van der Waals surface area contributed by atoms with Crippen molar-refractivity contribution in [1.82, 2.24) is 4.98 Å². The maximum atomic E-state index is 12.8. The van der Waals surface area contributed by atoms with Crippen molar-refractivity contribution in [3.63, 3.8) is 0 Å². The molecule has 0 unspecified atom stereocenters. The van der Waals surface area contributed by atoms with Crippen LogP contribution < -0.4 is 11.1 Å². The van der Waals surface area contributed by atoms with E-state index in [9.17, 15) is 9.59 Å². The first-order chi connectivity index (χ1) is 14.0. The number of nitrogen functional groups attached to an aromatic ring is 1. The number of carbonyl (C=O) groups excluding carboxylic acids is 2. The van der Waals surface area contributed by atoms with Crippen molar-refractivity contribution in [3.05, 3.63) is 64.0 Å². The summed E-state index contributed by atoms with van der Waals surface area (Å²) in [6, 6.07) is 13.2. The third-order valence-corrected chi connectivity index (χ3v) is 6.60. The molecule has 1 aliphatic rings. The fourth-order valence-corrected chi connectivity index (χ4v) is 4.90. The molecule has 0 atom stereocenters. The van der Waals surface area contributed by atoms with E-state index in [0.717, 1.165) is 34.0 Å². The molecule has 0 saturated heterocycles. The Morgan fingerprint density at radius 1 is 1.07 bits per heavy atom. The second-order valence-electron chi connectivity index (χ2n) is 7.44. The summed E-state index contributed by atoms with van der Waals surface area (Å²) in [4.78, 5) is 30.2. The number of hydrogen-bond donors (Lipinski definition) is 2. The van der Waals surface area contributed by atoms with Crippen molar-refractivity contribution in [2.45, 2.75) is 26.2 Å². The number of Topliss-reactive ketones (excluding diaryl/α,β-unsaturated/α-hetero) is 1. The number of amides is 1. The Balaban J connectivity index is 1.51. The Morgan fingerprint density at radius 2 is 1.79 bits per heavy atom. The normalized spacial score (nSPS) is 13.0. The number of pyridine rings is 1. The van der Waals surface area contributed by atoms with Crippen LogP contribution >= 0.6 is 11.3 Å². The Labute approximate surface area is 171 Å². The van der Waals surface area contributed by atoms with Crippen molar-refractivity contribution >= 4 is 55.5 Å². The van der Waals surface area contributed by atoms with Crippen molar-refractivity contribution in [2.24, 2.45) is 0 Å². The third-order valence-electron chi connectivity index (χ3n) is 5.48. The Hall–Kier alpha value is -3.25. The van der Waals surface area contributed by atoms with Gasteiger partial charge >= 0.3 is 0 Å². The molecular formula is C23H19N3O2S.